The smallest absolute Gasteiger partial charge is 0.317 e. The lowest BCUT2D eigenvalue weighted by atomic mass is 10.0. The highest BCUT2D eigenvalue weighted by molar-refractivity contribution is 7.10. The molecule has 2 aliphatic rings. The van der Waals surface area contributed by atoms with Crippen LogP contribution in [0.5, 0.6) is 0 Å². The van der Waals surface area contributed by atoms with Gasteiger partial charge in [-0.25, -0.2) is 4.79 Å². The molecule has 0 spiro atoms. The highest BCUT2D eigenvalue weighted by Gasteiger charge is 2.25. The van der Waals surface area contributed by atoms with E-state index in [4.69, 9.17) is 4.74 Å². The van der Waals surface area contributed by atoms with Gasteiger partial charge in [-0.2, -0.15) is 0 Å². The lowest BCUT2D eigenvalue weighted by Gasteiger charge is -2.35. The number of thiophene rings is 1. The third-order valence-corrected chi connectivity index (χ3v) is 6.24. The summed E-state index contributed by atoms with van der Waals surface area (Å²) < 4.78 is 5.50. The number of fused-ring (bicyclic) bond motifs is 1. The number of nitrogens with zero attached hydrogens (tertiary/aromatic N) is 2. The highest BCUT2D eigenvalue weighted by Crippen LogP contribution is 2.24. The van der Waals surface area contributed by atoms with Gasteiger partial charge in [0, 0.05) is 37.6 Å². The molecular formula is C20H25N3O2S. The topological polar surface area (TPSA) is 44.8 Å². The van der Waals surface area contributed by atoms with E-state index in [2.05, 4.69) is 45.9 Å². The Bertz CT molecular complexity index is 728. The number of amides is 2. The second-order valence-corrected chi connectivity index (χ2v) is 7.80. The summed E-state index contributed by atoms with van der Waals surface area (Å²) in [5, 5.41) is 5.30. The van der Waals surface area contributed by atoms with Crippen LogP contribution in [0.4, 0.5) is 4.79 Å². The van der Waals surface area contributed by atoms with Gasteiger partial charge in [-0.1, -0.05) is 30.3 Å². The molecule has 0 unspecified atom stereocenters. The molecule has 5 nitrogen and oxygen atoms in total. The van der Waals surface area contributed by atoms with Crippen LogP contribution in [0.1, 0.15) is 22.0 Å². The summed E-state index contributed by atoms with van der Waals surface area (Å²) in [5.74, 6) is 0. The van der Waals surface area contributed by atoms with Gasteiger partial charge < -0.3 is 15.0 Å². The van der Waals surface area contributed by atoms with Crippen molar-refractivity contribution in [3.8, 4) is 0 Å². The summed E-state index contributed by atoms with van der Waals surface area (Å²) in [6, 6.07) is 12.8. The monoisotopic (exact) mass is 371 g/mol. The number of morpholine rings is 1. The van der Waals surface area contributed by atoms with E-state index in [-0.39, 0.29) is 12.1 Å². The molecule has 6 heteroatoms. The van der Waals surface area contributed by atoms with E-state index in [9.17, 15) is 4.79 Å². The van der Waals surface area contributed by atoms with Crippen LogP contribution in [0.2, 0.25) is 0 Å². The average molecular weight is 372 g/mol. The molecule has 0 saturated carbocycles. The minimum Gasteiger partial charge on any atom is -0.379 e. The van der Waals surface area contributed by atoms with Gasteiger partial charge in [0.2, 0.25) is 0 Å². The molecule has 2 amide bonds. The first kappa shape index (κ1) is 17.5. The third-order valence-electron chi connectivity index (χ3n) is 5.21. The molecule has 4 rings (SSSR count). The van der Waals surface area contributed by atoms with Crippen LogP contribution in [0.25, 0.3) is 0 Å². The van der Waals surface area contributed by atoms with Crippen molar-refractivity contribution in [2.75, 3.05) is 39.4 Å². The van der Waals surface area contributed by atoms with Crippen molar-refractivity contribution in [3.63, 3.8) is 0 Å². The standard InChI is InChI=1S/C20H25N3O2S/c24-20(23-8-6-19-17(15-23)7-13-26-19)21-14-18(16-4-2-1-3-5-16)22-9-11-25-12-10-22/h1-5,7,13,18H,6,8-12,14-15H2,(H,21,24)/t18-/m0/s1. The summed E-state index contributed by atoms with van der Waals surface area (Å²) in [7, 11) is 0. The van der Waals surface area contributed by atoms with Gasteiger partial charge in [-0.05, 0) is 29.0 Å². The Balaban J connectivity index is 1.40. The van der Waals surface area contributed by atoms with Gasteiger partial charge in [-0.15, -0.1) is 11.3 Å². The first-order chi connectivity index (χ1) is 12.8. The van der Waals surface area contributed by atoms with Crippen LogP contribution in [0.3, 0.4) is 0 Å². The molecular weight excluding hydrogens is 346 g/mol. The van der Waals surface area contributed by atoms with E-state index < -0.39 is 0 Å². The molecule has 138 valence electrons. The number of hydrogen-bond acceptors (Lipinski definition) is 4. The summed E-state index contributed by atoms with van der Waals surface area (Å²) in [5.41, 5.74) is 2.54. The Morgan fingerprint density at radius 2 is 1.96 bits per heavy atom. The minimum absolute atomic E-state index is 0.0380. The maximum Gasteiger partial charge on any atom is 0.317 e. The molecule has 1 N–H and O–H groups in total. The molecule has 0 radical (unpaired) electrons. The van der Waals surface area contributed by atoms with E-state index in [0.29, 0.717) is 6.54 Å². The van der Waals surface area contributed by atoms with Crippen LogP contribution in [-0.4, -0.2) is 55.2 Å². The summed E-state index contributed by atoms with van der Waals surface area (Å²) in [6.07, 6.45) is 0.964. The third kappa shape index (κ3) is 3.92. The number of hydrogen-bond donors (Lipinski definition) is 1. The Morgan fingerprint density at radius 1 is 1.15 bits per heavy atom. The van der Waals surface area contributed by atoms with Crippen LogP contribution in [0.15, 0.2) is 41.8 Å². The minimum atomic E-state index is 0.0380. The SMILES string of the molecule is O=C(NC[C@@H](c1ccccc1)N1CCOCC1)N1CCc2sccc2C1. The molecule has 2 aromatic rings. The summed E-state index contributed by atoms with van der Waals surface area (Å²) in [4.78, 5) is 18.5. The van der Waals surface area contributed by atoms with Crippen molar-refractivity contribution in [2.45, 2.75) is 19.0 Å². The van der Waals surface area contributed by atoms with Crippen LogP contribution >= 0.6 is 11.3 Å². The molecule has 0 aliphatic carbocycles. The van der Waals surface area contributed by atoms with E-state index in [1.807, 2.05) is 11.0 Å². The predicted molar refractivity (Wildman–Crippen MR) is 103 cm³/mol. The van der Waals surface area contributed by atoms with Crippen LogP contribution < -0.4 is 5.32 Å². The maximum atomic E-state index is 12.7. The number of carbonyl (C=O) groups excluding carboxylic acids is 1. The van der Waals surface area contributed by atoms with Gasteiger partial charge >= 0.3 is 6.03 Å². The largest absolute Gasteiger partial charge is 0.379 e. The van der Waals surface area contributed by atoms with Crippen molar-refractivity contribution >= 4 is 17.4 Å². The Hall–Kier alpha value is -1.89. The number of urea groups is 1. The van der Waals surface area contributed by atoms with Crippen molar-refractivity contribution in [3.05, 3.63) is 57.8 Å². The van der Waals surface area contributed by atoms with E-state index in [1.165, 1.54) is 16.0 Å². The molecule has 3 heterocycles. The van der Waals surface area contributed by atoms with Crippen molar-refractivity contribution < 1.29 is 9.53 Å². The van der Waals surface area contributed by atoms with Gasteiger partial charge in [0.15, 0.2) is 0 Å². The Morgan fingerprint density at radius 3 is 2.77 bits per heavy atom. The predicted octanol–water partition coefficient (Wildman–Crippen LogP) is 2.89. The highest BCUT2D eigenvalue weighted by atomic mass is 32.1. The maximum absolute atomic E-state index is 12.7. The van der Waals surface area contributed by atoms with E-state index in [1.54, 1.807) is 11.3 Å². The zero-order valence-electron chi connectivity index (χ0n) is 14.9. The molecule has 1 atom stereocenters. The van der Waals surface area contributed by atoms with Gasteiger partial charge in [0.05, 0.1) is 19.3 Å². The fourth-order valence-electron chi connectivity index (χ4n) is 3.74. The normalized spacial score (nSPS) is 19.0. The Kier molecular flexibility index (Phi) is 5.53. The molecule has 1 aromatic carbocycles. The molecule has 1 saturated heterocycles. The van der Waals surface area contributed by atoms with Gasteiger partial charge in [-0.3, -0.25) is 4.90 Å². The number of nitrogens with one attached hydrogen (secondary N) is 1. The molecule has 1 aromatic heterocycles. The molecule has 1 fully saturated rings. The number of ether oxygens (including phenoxy) is 1. The summed E-state index contributed by atoms with van der Waals surface area (Å²) >= 11 is 1.80. The zero-order valence-corrected chi connectivity index (χ0v) is 15.7. The summed E-state index contributed by atoms with van der Waals surface area (Å²) in [6.45, 7) is 5.45. The quantitative estimate of drug-likeness (QED) is 0.899. The number of rotatable bonds is 4. The van der Waals surface area contributed by atoms with Crippen molar-refractivity contribution in [2.24, 2.45) is 0 Å². The van der Waals surface area contributed by atoms with Gasteiger partial charge in [0.25, 0.3) is 0 Å². The average Bonchev–Trinajstić information content (AvgIpc) is 3.17. The van der Waals surface area contributed by atoms with Gasteiger partial charge in [0.1, 0.15) is 0 Å². The van der Waals surface area contributed by atoms with E-state index >= 15 is 0 Å². The van der Waals surface area contributed by atoms with Crippen LogP contribution in [-0.2, 0) is 17.7 Å². The Labute approximate surface area is 158 Å². The molecule has 2 aliphatic heterocycles. The number of benzene rings is 1. The lowest BCUT2D eigenvalue weighted by molar-refractivity contribution is 0.0164. The van der Waals surface area contributed by atoms with Crippen LogP contribution in [0, 0.1) is 0 Å². The fraction of sp³-hybridized carbons (Fsp3) is 0.450. The van der Waals surface area contributed by atoms with Crippen molar-refractivity contribution in [1.82, 2.24) is 15.1 Å². The van der Waals surface area contributed by atoms with Crippen molar-refractivity contribution in [1.29, 1.82) is 0 Å². The lowest BCUT2D eigenvalue weighted by Crippen LogP contribution is -2.47. The molecule has 26 heavy (non-hydrogen) atoms. The second kappa shape index (κ2) is 8.20. The number of carbonyl (C=O) groups is 1. The van der Waals surface area contributed by atoms with E-state index in [0.717, 1.165) is 45.8 Å². The first-order valence-electron chi connectivity index (χ1n) is 9.26. The fourth-order valence-corrected chi connectivity index (χ4v) is 4.63. The molecule has 0 bridgehead atoms. The second-order valence-electron chi connectivity index (χ2n) is 6.80. The zero-order chi connectivity index (χ0) is 17.8. The first-order valence-corrected chi connectivity index (χ1v) is 10.1.